The van der Waals surface area contributed by atoms with E-state index >= 15 is 0 Å². The van der Waals surface area contributed by atoms with Gasteiger partial charge in [-0.2, -0.15) is 5.10 Å². The van der Waals surface area contributed by atoms with Gasteiger partial charge in [-0.1, -0.05) is 45.8 Å². The number of hydrogen-bond acceptors (Lipinski definition) is 5. The Kier molecular flexibility index (Phi) is 8.91. The number of aryl methyl sites for hydroxylation is 1. The topological polar surface area (TPSA) is 69.2 Å². The monoisotopic (exact) mass is 574 g/mol. The summed E-state index contributed by atoms with van der Waals surface area (Å²) < 4.78 is 18.5. The first-order valence-electron chi connectivity index (χ1n) is 10.2. The number of carbonyl (C=O) groups excluding carboxylic acids is 1. The largest absolute Gasteiger partial charge is 0.493 e. The van der Waals surface area contributed by atoms with Crippen LogP contribution < -0.4 is 19.6 Å². The number of carbonyl (C=O) groups is 1. The van der Waals surface area contributed by atoms with Gasteiger partial charge in [0.1, 0.15) is 12.4 Å². The third-order valence-electron chi connectivity index (χ3n) is 4.64. The molecule has 0 aliphatic rings. The Labute approximate surface area is 210 Å². The zero-order valence-corrected chi connectivity index (χ0v) is 21.7. The van der Waals surface area contributed by atoms with Gasteiger partial charge in [-0.25, -0.2) is 5.43 Å². The molecule has 0 heterocycles. The Bertz CT molecular complexity index is 1150. The van der Waals surface area contributed by atoms with Gasteiger partial charge in [0.2, 0.25) is 0 Å². The fraction of sp³-hybridized carbons (Fsp3) is 0.200. The third kappa shape index (κ3) is 6.82. The average Bonchev–Trinajstić information content (AvgIpc) is 2.80. The minimum Gasteiger partial charge on any atom is -0.493 e. The SMILES string of the molecule is CCOc1ccc(C(=O)N/N=C/c2cc(Br)cc(Br)c2OCc2ccc(C)cc2)cc1OC. The second kappa shape index (κ2) is 11.9. The van der Waals surface area contributed by atoms with Crippen LogP contribution in [0.2, 0.25) is 0 Å². The van der Waals surface area contributed by atoms with Crippen molar-refractivity contribution in [3.63, 3.8) is 0 Å². The second-order valence-electron chi connectivity index (χ2n) is 7.08. The Morgan fingerprint density at radius 3 is 2.48 bits per heavy atom. The van der Waals surface area contributed by atoms with Crippen LogP contribution >= 0.6 is 31.9 Å². The lowest BCUT2D eigenvalue weighted by Crippen LogP contribution is -2.17. The minimum absolute atomic E-state index is 0.371. The van der Waals surface area contributed by atoms with Crippen molar-refractivity contribution < 1.29 is 19.0 Å². The molecule has 1 amide bonds. The smallest absolute Gasteiger partial charge is 0.271 e. The molecule has 33 heavy (non-hydrogen) atoms. The van der Waals surface area contributed by atoms with E-state index in [1.807, 2.05) is 50.2 Å². The number of halogens is 2. The maximum Gasteiger partial charge on any atom is 0.271 e. The van der Waals surface area contributed by atoms with Crippen molar-refractivity contribution in [3.05, 3.63) is 85.8 Å². The molecule has 8 heteroatoms. The van der Waals surface area contributed by atoms with Crippen LogP contribution in [-0.4, -0.2) is 25.8 Å². The van der Waals surface area contributed by atoms with E-state index in [4.69, 9.17) is 14.2 Å². The Morgan fingerprint density at radius 2 is 1.79 bits per heavy atom. The van der Waals surface area contributed by atoms with Crippen molar-refractivity contribution in [2.24, 2.45) is 5.10 Å². The molecule has 0 saturated carbocycles. The fourth-order valence-corrected chi connectivity index (χ4v) is 4.35. The number of benzene rings is 3. The molecule has 0 bridgehead atoms. The number of amides is 1. The summed E-state index contributed by atoms with van der Waals surface area (Å²) in [5, 5.41) is 4.12. The zero-order valence-electron chi connectivity index (χ0n) is 18.5. The first-order chi connectivity index (χ1) is 15.9. The van der Waals surface area contributed by atoms with E-state index in [-0.39, 0.29) is 5.91 Å². The predicted octanol–water partition coefficient (Wildman–Crippen LogP) is 6.27. The van der Waals surface area contributed by atoms with Gasteiger partial charge in [0.15, 0.2) is 11.5 Å². The van der Waals surface area contributed by atoms with Gasteiger partial charge in [0.25, 0.3) is 5.91 Å². The molecule has 1 N–H and O–H groups in total. The lowest BCUT2D eigenvalue weighted by molar-refractivity contribution is 0.0954. The van der Waals surface area contributed by atoms with Gasteiger partial charge < -0.3 is 14.2 Å². The molecule has 6 nitrogen and oxygen atoms in total. The lowest BCUT2D eigenvalue weighted by Gasteiger charge is -2.12. The normalized spacial score (nSPS) is 10.8. The number of nitrogens with one attached hydrogen (secondary N) is 1. The van der Waals surface area contributed by atoms with Crippen molar-refractivity contribution in [2.75, 3.05) is 13.7 Å². The standard InChI is InChI=1S/C25H24Br2N2O4/c1-4-32-22-10-9-18(12-23(22)31-3)25(30)29-28-14-19-11-20(26)13-21(27)24(19)33-15-17-7-5-16(2)6-8-17/h5-14H,4,15H2,1-3H3,(H,29,30)/b28-14+. The first kappa shape index (κ1) is 24.8. The summed E-state index contributed by atoms with van der Waals surface area (Å²) in [5.41, 5.74) is 5.89. The lowest BCUT2D eigenvalue weighted by atomic mass is 10.1. The van der Waals surface area contributed by atoms with E-state index in [9.17, 15) is 4.79 Å². The quantitative estimate of drug-likeness (QED) is 0.241. The molecule has 0 radical (unpaired) electrons. The molecule has 0 unspecified atom stereocenters. The Morgan fingerprint density at radius 1 is 1.03 bits per heavy atom. The number of ether oxygens (including phenoxy) is 3. The van der Waals surface area contributed by atoms with Crippen LogP contribution in [0.3, 0.4) is 0 Å². The summed E-state index contributed by atoms with van der Waals surface area (Å²) in [4.78, 5) is 12.6. The summed E-state index contributed by atoms with van der Waals surface area (Å²) in [6.45, 7) is 4.83. The highest BCUT2D eigenvalue weighted by atomic mass is 79.9. The molecule has 0 aliphatic heterocycles. The molecule has 3 aromatic carbocycles. The molecule has 172 valence electrons. The minimum atomic E-state index is -0.371. The van der Waals surface area contributed by atoms with Gasteiger partial charge in [-0.15, -0.1) is 0 Å². The predicted molar refractivity (Wildman–Crippen MR) is 137 cm³/mol. The van der Waals surface area contributed by atoms with Crippen molar-refractivity contribution in [1.29, 1.82) is 0 Å². The summed E-state index contributed by atoms with van der Waals surface area (Å²) >= 11 is 7.03. The number of methoxy groups -OCH3 is 1. The van der Waals surface area contributed by atoms with E-state index in [0.717, 1.165) is 14.5 Å². The van der Waals surface area contributed by atoms with Crippen molar-refractivity contribution in [3.8, 4) is 17.2 Å². The summed E-state index contributed by atoms with van der Waals surface area (Å²) in [7, 11) is 1.53. The molecule has 0 fully saturated rings. The molecular weight excluding hydrogens is 552 g/mol. The van der Waals surface area contributed by atoms with Crippen molar-refractivity contribution >= 4 is 44.0 Å². The zero-order chi connectivity index (χ0) is 23.8. The highest BCUT2D eigenvalue weighted by Gasteiger charge is 2.12. The van der Waals surface area contributed by atoms with Gasteiger partial charge in [-0.3, -0.25) is 4.79 Å². The first-order valence-corrected chi connectivity index (χ1v) is 11.8. The van der Waals surface area contributed by atoms with Crippen LogP contribution in [0.5, 0.6) is 17.2 Å². The fourth-order valence-electron chi connectivity index (χ4n) is 2.98. The van der Waals surface area contributed by atoms with E-state index in [1.165, 1.54) is 12.7 Å². The van der Waals surface area contributed by atoms with Crippen LogP contribution in [0, 0.1) is 6.92 Å². The van der Waals surface area contributed by atoms with Gasteiger partial charge in [-0.05, 0) is 65.7 Å². The van der Waals surface area contributed by atoms with Crippen LogP contribution in [-0.2, 0) is 6.61 Å². The van der Waals surface area contributed by atoms with Crippen molar-refractivity contribution in [1.82, 2.24) is 5.43 Å². The van der Waals surface area contributed by atoms with Gasteiger partial charge in [0.05, 0.1) is 24.4 Å². The molecule has 0 aliphatic carbocycles. The van der Waals surface area contributed by atoms with E-state index < -0.39 is 0 Å². The molecule has 0 saturated heterocycles. The Hall–Kier alpha value is -2.84. The van der Waals surface area contributed by atoms with Crippen LogP contribution in [0.25, 0.3) is 0 Å². The molecule has 3 aromatic rings. The van der Waals surface area contributed by atoms with E-state index in [2.05, 4.69) is 42.4 Å². The number of hydrogen-bond donors (Lipinski definition) is 1. The maximum absolute atomic E-state index is 12.6. The maximum atomic E-state index is 12.6. The highest BCUT2D eigenvalue weighted by Crippen LogP contribution is 2.33. The second-order valence-corrected chi connectivity index (χ2v) is 8.85. The summed E-state index contributed by atoms with van der Waals surface area (Å²) in [5.74, 6) is 1.31. The molecule has 0 atom stereocenters. The Balaban J connectivity index is 1.73. The average molecular weight is 576 g/mol. The molecular formula is C25H24Br2N2O4. The summed E-state index contributed by atoms with van der Waals surface area (Å²) in [6, 6.07) is 16.9. The van der Waals surface area contributed by atoms with Gasteiger partial charge in [0, 0.05) is 15.6 Å². The van der Waals surface area contributed by atoms with Gasteiger partial charge >= 0.3 is 0 Å². The number of nitrogens with zero attached hydrogens (tertiary/aromatic N) is 1. The number of rotatable bonds is 9. The molecule has 0 spiro atoms. The highest BCUT2D eigenvalue weighted by molar-refractivity contribution is 9.11. The van der Waals surface area contributed by atoms with Crippen LogP contribution in [0.4, 0.5) is 0 Å². The van der Waals surface area contributed by atoms with Crippen LogP contribution in [0.15, 0.2) is 68.6 Å². The van der Waals surface area contributed by atoms with Crippen molar-refractivity contribution in [2.45, 2.75) is 20.5 Å². The third-order valence-corrected chi connectivity index (χ3v) is 5.68. The van der Waals surface area contributed by atoms with E-state index in [0.29, 0.717) is 41.6 Å². The molecule has 3 rings (SSSR count). The number of hydrazone groups is 1. The van der Waals surface area contributed by atoms with Crippen LogP contribution in [0.1, 0.15) is 34.0 Å². The van der Waals surface area contributed by atoms with E-state index in [1.54, 1.807) is 24.4 Å². The summed E-state index contributed by atoms with van der Waals surface area (Å²) in [6.07, 6.45) is 1.55. The molecule has 0 aromatic heterocycles.